The van der Waals surface area contributed by atoms with Gasteiger partial charge in [0.15, 0.2) is 0 Å². The highest BCUT2D eigenvalue weighted by Gasteiger charge is 2.36. The van der Waals surface area contributed by atoms with Crippen LogP contribution in [0.4, 0.5) is 0 Å². The summed E-state index contributed by atoms with van der Waals surface area (Å²) in [5.74, 6) is -0.755. The van der Waals surface area contributed by atoms with Gasteiger partial charge in [-0.05, 0) is 38.8 Å². The van der Waals surface area contributed by atoms with Gasteiger partial charge in [-0.2, -0.15) is 0 Å². The summed E-state index contributed by atoms with van der Waals surface area (Å²) in [6.07, 6.45) is 2.64. The second kappa shape index (κ2) is 5.53. The van der Waals surface area contributed by atoms with E-state index >= 15 is 0 Å². The van der Waals surface area contributed by atoms with Crippen molar-refractivity contribution < 1.29 is 9.90 Å². The standard InChI is InChI=1S/C15H21NO2/c1-11-4-3-5-12(8-11)6-7-16(2)14-9-13(10-14)15(17)18/h3-5,8,13-14H,6-7,9-10H2,1-2H3,(H,17,18). The highest BCUT2D eigenvalue weighted by molar-refractivity contribution is 5.71. The van der Waals surface area contributed by atoms with Crippen LogP contribution in [0.15, 0.2) is 24.3 Å². The van der Waals surface area contributed by atoms with Gasteiger partial charge in [-0.1, -0.05) is 29.8 Å². The summed E-state index contributed by atoms with van der Waals surface area (Å²) < 4.78 is 0. The maximum atomic E-state index is 10.7. The second-order valence-corrected chi connectivity index (χ2v) is 5.38. The predicted octanol–water partition coefficient (Wildman–Crippen LogP) is 2.33. The Balaban J connectivity index is 1.76. The van der Waals surface area contributed by atoms with E-state index in [0.717, 1.165) is 25.8 Å². The topological polar surface area (TPSA) is 40.5 Å². The number of carbonyl (C=O) groups is 1. The molecule has 0 radical (unpaired) electrons. The molecule has 18 heavy (non-hydrogen) atoms. The van der Waals surface area contributed by atoms with Crippen molar-refractivity contribution in [3.63, 3.8) is 0 Å². The van der Waals surface area contributed by atoms with Crippen molar-refractivity contribution in [2.75, 3.05) is 13.6 Å². The fraction of sp³-hybridized carbons (Fsp3) is 0.533. The lowest BCUT2D eigenvalue weighted by Gasteiger charge is -2.39. The molecule has 0 atom stereocenters. The largest absolute Gasteiger partial charge is 0.481 e. The van der Waals surface area contributed by atoms with E-state index in [4.69, 9.17) is 5.11 Å². The Hall–Kier alpha value is -1.35. The SMILES string of the molecule is Cc1cccc(CCN(C)C2CC(C(=O)O)C2)c1. The van der Waals surface area contributed by atoms with Gasteiger partial charge in [-0.15, -0.1) is 0 Å². The Labute approximate surface area is 108 Å². The molecule has 0 bridgehead atoms. The summed E-state index contributed by atoms with van der Waals surface area (Å²) in [4.78, 5) is 13.0. The number of nitrogens with zero attached hydrogens (tertiary/aromatic N) is 1. The Morgan fingerprint density at radius 1 is 1.44 bits per heavy atom. The zero-order valence-electron chi connectivity index (χ0n) is 11.1. The number of carboxylic acid groups (broad SMARTS) is 1. The molecule has 0 saturated heterocycles. The molecule has 0 aliphatic heterocycles. The third kappa shape index (κ3) is 3.10. The van der Waals surface area contributed by atoms with Crippen LogP contribution in [0, 0.1) is 12.8 Å². The van der Waals surface area contributed by atoms with E-state index in [1.54, 1.807) is 0 Å². The zero-order chi connectivity index (χ0) is 13.1. The number of hydrogen-bond acceptors (Lipinski definition) is 2. The fourth-order valence-electron chi connectivity index (χ4n) is 2.51. The Morgan fingerprint density at radius 2 is 2.17 bits per heavy atom. The number of carboxylic acids is 1. The van der Waals surface area contributed by atoms with Crippen molar-refractivity contribution >= 4 is 5.97 Å². The number of benzene rings is 1. The molecule has 1 saturated carbocycles. The summed E-state index contributed by atoms with van der Waals surface area (Å²) in [5.41, 5.74) is 2.65. The van der Waals surface area contributed by atoms with Crippen LogP contribution < -0.4 is 0 Å². The van der Waals surface area contributed by atoms with Gasteiger partial charge in [0.25, 0.3) is 0 Å². The first-order valence-corrected chi connectivity index (χ1v) is 6.55. The molecule has 3 nitrogen and oxygen atoms in total. The van der Waals surface area contributed by atoms with Gasteiger partial charge < -0.3 is 10.0 Å². The smallest absolute Gasteiger partial charge is 0.306 e. The minimum Gasteiger partial charge on any atom is -0.481 e. The van der Waals surface area contributed by atoms with Crippen LogP contribution in [0.2, 0.25) is 0 Å². The van der Waals surface area contributed by atoms with Crippen LogP contribution in [-0.2, 0) is 11.2 Å². The minimum absolute atomic E-state index is 0.114. The molecule has 1 aromatic carbocycles. The van der Waals surface area contributed by atoms with Gasteiger partial charge in [0, 0.05) is 12.6 Å². The summed E-state index contributed by atoms with van der Waals surface area (Å²) in [6, 6.07) is 9.03. The maximum absolute atomic E-state index is 10.7. The molecule has 1 aliphatic rings. The molecule has 1 fully saturated rings. The lowest BCUT2D eigenvalue weighted by Crippen LogP contribution is -2.45. The van der Waals surface area contributed by atoms with E-state index in [-0.39, 0.29) is 5.92 Å². The summed E-state index contributed by atoms with van der Waals surface area (Å²) in [7, 11) is 2.10. The first kappa shape index (κ1) is 13.1. The summed E-state index contributed by atoms with van der Waals surface area (Å²) in [5, 5.41) is 8.85. The van der Waals surface area contributed by atoms with Crippen molar-refractivity contribution in [1.29, 1.82) is 0 Å². The van der Waals surface area contributed by atoms with E-state index in [0.29, 0.717) is 6.04 Å². The molecule has 0 spiro atoms. The molecule has 1 aliphatic carbocycles. The van der Waals surface area contributed by atoms with Crippen LogP contribution in [0.25, 0.3) is 0 Å². The first-order valence-electron chi connectivity index (χ1n) is 6.55. The van der Waals surface area contributed by atoms with Crippen LogP contribution in [0.3, 0.4) is 0 Å². The van der Waals surface area contributed by atoms with Crippen LogP contribution >= 0.6 is 0 Å². The van der Waals surface area contributed by atoms with Gasteiger partial charge in [-0.25, -0.2) is 0 Å². The Bertz CT molecular complexity index is 424. The molecule has 1 N–H and O–H groups in total. The van der Waals surface area contributed by atoms with Crippen molar-refractivity contribution in [3.8, 4) is 0 Å². The highest BCUT2D eigenvalue weighted by atomic mass is 16.4. The van der Waals surface area contributed by atoms with Gasteiger partial charge in [-0.3, -0.25) is 4.79 Å². The average Bonchev–Trinajstić information content (AvgIpc) is 2.24. The first-order chi connectivity index (χ1) is 8.56. The van der Waals surface area contributed by atoms with E-state index in [2.05, 4.69) is 43.1 Å². The van der Waals surface area contributed by atoms with E-state index < -0.39 is 5.97 Å². The Kier molecular flexibility index (Phi) is 4.02. The molecular weight excluding hydrogens is 226 g/mol. The molecule has 3 heteroatoms. The van der Waals surface area contributed by atoms with Gasteiger partial charge >= 0.3 is 5.97 Å². The van der Waals surface area contributed by atoms with Gasteiger partial charge in [0.1, 0.15) is 0 Å². The lowest BCUT2D eigenvalue weighted by molar-refractivity contribution is -0.146. The highest BCUT2D eigenvalue weighted by Crippen LogP contribution is 2.31. The molecule has 1 aromatic rings. The monoisotopic (exact) mass is 247 g/mol. The number of hydrogen-bond donors (Lipinski definition) is 1. The van der Waals surface area contributed by atoms with E-state index in [1.165, 1.54) is 11.1 Å². The van der Waals surface area contributed by atoms with Gasteiger partial charge in [0.2, 0.25) is 0 Å². The number of likely N-dealkylation sites (N-methyl/N-ethyl adjacent to an activating group) is 1. The van der Waals surface area contributed by atoms with Crippen molar-refractivity contribution in [3.05, 3.63) is 35.4 Å². The molecule has 2 rings (SSSR count). The fourth-order valence-corrected chi connectivity index (χ4v) is 2.51. The molecule has 0 amide bonds. The van der Waals surface area contributed by atoms with E-state index in [9.17, 15) is 4.79 Å². The average molecular weight is 247 g/mol. The number of aliphatic carboxylic acids is 1. The maximum Gasteiger partial charge on any atom is 0.306 e. The third-order valence-corrected chi connectivity index (χ3v) is 3.92. The minimum atomic E-state index is -0.640. The summed E-state index contributed by atoms with van der Waals surface area (Å²) >= 11 is 0. The zero-order valence-corrected chi connectivity index (χ0v) is 11.1. The number of rotatable bonds is 5. The predicted molar refractivity (Wildman–Crippen MR) is 71.7 cm³/mol. The molecular formula is C15H21NO2. The van der Waals surface area contributed by atoms with Gasteiger partial charge in [0.05, 0.1) is 5.92 Å². The van der Waals surface area contributed by atoms with Crippen LogP contribution in [0.5, 0.6) is 0 Å². The molecule has 0 unspecified atom stereocenters. The lowest BCUT2D eigenvalue weighted by atomic mass is 9.79. The van der Waals surface area contributed by atoms with Crippen molar-refractivity contribution in [1.82, 2.24) is 4.90 Å². The van der Waals surface area contributed by atoms with Crippen molar-refractivity contribution in [2.24, 2.45) is 5.92 Å². The van der Waals surface area contributed by atoms with E-state index in [1.807, 2.05) is 0 Å². The summed E-state index contributed by atoms with van der Waals surface area (Å²) in [6.45, 7) is 3.11. The Morgan fingerprint density at radius 3 is 2.78 bits per heavy atom. The van der Waals surface area contributed by atoms with Crippen LogP contribution in [-0.4, -0.2) is 35.6 Å². The molecule has 0 aromatic heterocycles. The van der Waals surface area contributed by atoms with Crippen LogP contribution in [0.1, 0.15) is 24.0 Å². The molecule has 98 valence electrons. The van der Waals surface area contributed by atoms with Crippen molar-refractivity contribution in [2.45, 2.75) is 32.2 Å². The second-order valence-electron chi connectivity index (χ2n) is 5.38. The molecule has 0 heterocycles. The normalized spacial score (nSPS) is 22.8. The third-order valence-electron chi connectivity index (χ3n) is 3.92. The number of aryl methyl sites for hydroxylation is 1. The quantitative estimate of drug-likeness (QED) is 0.868.